The quantitative estimate of drug-likeness (QED) is 0.370. The SMILES string of the molecule is CC1=C(CO)C(=O)O[C@@H]([C@H](C)[C@H]2CC[C@H]3[C@@H]4[C@H](O)C=C5C[C@@H](O)C[C@H](O)[C@]5(C)[C@H]4CC[C@]23C)C1. The van der Waals surface area contributed by atoms with Crippen molar-refractivity contribution in [3.63, 3.8) is 0 Å². The highest BCUT2D eigenvalue weighted by Gasteiger charge is 2.63. The van der Waals surface area contributed by atoms with Crippen LogP contribution in [0.25, 0.3) is 0 Å². The Balaban J connectivity index is 1.41. The molecule has 1 aliphatic heterocycles. The number of esters is 1. The molecule has 3 fully saturated rings. The summed E-state index contributed by atoms with van der Waals surface area (Å²) in [5.74, 6) is 0.874. The number of hydrogen-bond acceptors (Lipinski definition) is 6. The monoisotopic (exact) mass is 474 g/mol. The van der Waals surface area contributed by atoms with Gasteiger partial charge in [0.2, 0.25) is 0 Å². The largest absolute Gasteiger partial charge is 0.458 e. The van der Waals surface area contributed by atoms with Gasteiger partial charge in [-0.3, -0.25) is 0 Å². The molecule has 6 nitrogen and oxygen atoms in total. The van der Waals surface area contributed by atoms with E-state index in [0.29, 0.717) is 36.7 Å². The smallest absolute Gasteiger partial charge is 0.336 e. The molecule has 0 unspecified atom stereocenters. The number of ether oxygens (including phenoxy) is 1. The van der Waals surface area contributed by atoms with Crippen LogP contribution in [0.15, 0.2) is 22.8 Å². The highest BCUT2D eigenvalue weighted by molar-refractivity contribution is 5.90. The zero-order chi connectivity index (χ0) is 24.6. The summed E-state index contributed by atoms with van der Waals surface area (Å²) in [5, 5.41) is 42.2. The van der Waals surface area contributed by atoms with Gasteiger partial charge in [0, 0.05) is 18.3 Å². The molecule has 190 valence electrons. The first-order valence-corrected chi connectivity index (χ1v) is 13.3. The summed E-state index contributed by atoms with van der Waals surface area (Å²) in [5.41, 5.74) is 2.03. The zero-order valence-corrected chi connectivity index (χ0v) is 21.0. The van der Waals surface area contributed by atoms with Gasteiger partial charge in [-0.2, -0.15) is 0 Å². The predicted molar refractivity (Wildman–Crippen MR) is 127 cm³/mol. The molecule has 0 aromatic carbocycles. The predicted octanol–water partition coefficient (Wildman–Crippen LogP) is 3.13. The second-order valence-electron chi connectivity index (χ2n) is 12.5. The van der Waals surface area contributed by atoms with E-state index in [0.717, 1.165) is 36.8 Å². The van der Waals surface area contributed by atoms with Crippen LogP contribution in [0.3, 0.4) is 0 Å². The van der Waals surface area contributed by atoms with Gasteiger partial charge in [0.15, 0.2) is 0 Å². The van der Waals surface area contributed by atoms with Gasteiger partial charge in [-0.1, -0.05) is 38.0 Å². The lowest BCUT2D eigenvalue weighted by Crippen LogP contribution is -2.59. The molecule has 11 atom stereocenters. The third kappa shape index (κ3) is 3.39. The van der Waals surface area contributed by atoms with E-state index in [9.17, 15) is 25.2 Å². The van der Waals surface area contributed by atoms with E-state index in [2.05, 4.69) is 20.8 Å². The molecule has 5 aliphatic rings. The highest BCUT2D eigenvalue weighted by Crippen LogP contribution is 2.67. The van der Waals surface area contributed by atoms with Crippen molar-refractivity contribution in [2.24, 2.45) is 40.4 Å². The Labute approximate surface area is 203 Å². The molecule has 1 heterocycles. The average Bonchev–Trinajstić information content (AvgIpc) is 3.12. The minimum atomic E-state index is -0.583. The van der Waals surface area contributed by atoms with Gasteiger partial charge in [-0.15, -0.1) is 0 Å². The molecule has 34 heavy (non-hydrogen) atoms. The molecule has 4 aliphatic carbocycles. The van der Waals surface area contributed by atoms with E-state index in [1.54, 1.807) is 0 Å². The first-order chi connectivity index (χ1) is 16.0. The van der Waals surface area contributed by atoms with Gasteiger partial charge in [0.25, 0.3) is 0 Å². The molecule has 0 amide bonds. The van der Waals surface area contributed by atoms with E-state index in [1.165, 1.54) is 0 Å². The fourth-order valence-electron chi connectivity index (χ4n) is 9.20. The molecule has 0 spiro atoms. The lowest BCUT2D eigenvalue weighted by atomic mass is 9.45. The van der Waals surface area contributed by atoms with E-state index < -0.39 is 18.3 Å². The molecule has 0 radical (unpaired) electrons. The van der Waals surface area contributed by atoms with Gasteiger partial charge in [0.05, 0.1) is 30.5 Å². The number of fused-ring (bicyclic) bond motifs is 5. The second kappa shape index (κ2) is 8.43. The Hall–Kier alpha value is -1.21. The van der Waals surface area contributed by atoms with Crippen molar-refractivity contribution < 1.29 is 30.0 Å². The van der Waals surface area contributed by atoms with Crippen molar-refractivity contribution in [3.05, 3.63) is 22.8 Å². The summed E-state index contributed by atoms with van der Waals surface area (Å²) >= 11 is 0. The van der Waals surface area contributed by atoms with Gasteiger partial charge in [0.1, 0.15) is 6.10 Å². The lowest BCUT2D eigenvalue weighted by Gasteiger charge is -2.60. The van der Waals surface area contributed by atoms with Gasteiger partial charge in [-0.05, 0) is 74.0 Å². The van der Waals surface area contributed by atoms with Crippen molar-refractivity contribution >= 4 is 5.97 Å². The van der Waals surface area contributed by atoms with Gasteiger partial charge < -0.3 is 25.2 Å². The lowest BCUT2D eigenvalue weighted by molar-refractivity contribution is -0.154. The van der Waals surface area contributed by atoms with Gasteiger partial charge in [-0.25, -0.2) is 4.79 Å². The minimum absolute atomic E-state index is 0.0453. The van der Waals surface area contributed by atoms with Crippen molar-refractivity contribution in [1.29, 1.82) is 0 Å². The van der Waals surface area contributed by atoms with Gasteiger partial charge >= 0.3 is 5.97 Å². The fourth-order valence-corrected chi connectivity index (χ4v) is 9.20. The molecular weight excluding hydrogens is 432 g/mol. The summed E-state index contributed by atoms with van der Waals surface area (Å²) in [6.45, 7) is 8.40. The average molecular weight is 475 g/mol. The molecule has 5 rings (SSSR count). The number of carbonyl (C=O) groups is 1. The maximum atomic E-state index is 12.5. The van der Waals surface area contributed by atoms with Crippen LogP contribution in [0, 0.1) is 40.4 Å². The summed E-state index contributed by atoms with van der Waals surface area (Å²) in [6.07, 6.45) is 5.83. The van der Waals surface area contributed by atoms with Crippen molar-refractivity contribution in [3.8, 4) is 0 Å². The number of aliphatic hydroxyl groups is 4. The Bertz CT molecular complexity index is 909. The number of rotatable bonds is 3. The molecule has 4 N–H and O–H groups in total. The molecule has 3 saturated carbocycles. The van der Waals surface area contributed by atoms with Crippen LogP contribution < -0.4 is 0 Å². The molecule has 6 heteroatoms. The standard InChI is InChI=1S/C28H42O6/c1-14-9-23(34-26(33)18(14)13-29)15(2)19-5-6-20-25-21(7-8-27(19,20)3)28(4)16(11-22(25)31)10-17(30)12-24(28)32/h11,15,17,19-25,29-32H,5-10,12-13H2,1-4H3/t15-,17-,19-,20+,21+,22-,23-,24+,25+,27-,28+/m1/s1. The summed E-state index contributed by atoms with van der Waals surface area (Å²) in [7, 11) is 0. The van der Waals surface area contributed by atoms with Crippen LogP contribution in [0.4, 0.5) is 0 Å². The van der Waals surface area contributed by atoms with E-state index in [4.69, 9.17) is 4.74 Å². The Morgan fingerprint density at radius 3 is 2.53 bits per heavy atom. The third-order valence-electron chi connectivity index (χ3n) is 11.2. The van der Waals surface area contributed by atoms with Crippen molar-refractivity contribution in [2.45, 2.75) is 97.1 Å². The Morgan fingerprint density at radius 1 is 1.12 bits per heavy atom. The minimum Gasteiger partial charge on any atom is -0.458 e. The van der Waals surface area contributed by atoms with E-state index >= 15 is 0 Å². The normalized spacial score (nSPS) is 49.5. The number of aliphatic hydroxyl groups excluding tert-OH is 4. The van der Waals surface area contributed by atoms with Crippen LogP contribution in [0.1, 0.15) is 72.6 Å². The molecule has 0 bridgehead atoms. The second-order valence-corrected chi connectivity index (χ2v) is 12.5. The van der Waals surface area contributed by atoms with Crippen LogP contribution in [0.2, 0.25) is 0 Å². The molecule has 0 aromatic heterocycles. The third-order valence-corrected chi connectivity index (χ3v) is 11.2. The number of cyclic esters (lactones) is 1. The highest BCUT2D eigenvalue weighted by atomic mass is 16.5. The summed E-state index contributed by atoms with van der Waals surface area (Å²) in [6, 6.07) is 0. The summed E-state index contributed by atoms with van der Waals surface area (Å²) < 4.78 is 5.83. The van der Waals surface area contributed by atoms with Crippen molar-refractivity contribution in [1.82, 2.24) is 0 Å². The van der Waals surface area contributed by atoms with E-state index in [1.807, 2.05) is 13.0 Å². The zero-order valence-electron chi connectivity index (χ0n) is 21.0. The van der Waals surface area contributed by atoms with Crippen LogP contribution >= 0.6 is 0 Å². The Morgan fingerprint density at radius 2 is 1.85 bits per heavy atom. The maximum absolute atomic E-state index is 12.5. The topological polar surface area (TPSA) is 107 Å². The number of carbonyl (C=O) groups excluding carboxylic acids is 1. The van der Waals surface area contributed by atoms with Crippen LogP contribution in [-0.4, -0.2) is 57.4 Å². The molecule has 0 aromatic rings. The van der Waals surface area contributed by atoms with Crippen LogP contribution in [0.5, 0.6) is 0 Å². The summed E-state index contributed by atoms with van der Waals surface area (Å²) in [4.78, 5) is 12.5. The maximum Gasteiger partial charge on any atom is 0.336 e. The Kier molecular flexibility index (Phi) is 6.07. The van der Waals surface area contributed by atoms with E-state index in [-0.39, 0.29) is 47.3 Å². The van der Waals surface area contributed by atoms with Crippen molar-refractivity contribution in [2.75, 3.05) is 6.61 Å². The molecule has 0 saturated heterocycles. The molecular formula is C28H42O6. The fraction of sp³-hybridized carbons (Fsp3) is 0.821. The van der Waals surface area contributed by atoms with Crippen LogP contribution in [-0.2, 0) is 9.53 Å². The first-order valence-electron chi connectivity index (χ1n) is 13.3. The number of hydrogen-bond donors (Lipinski definition) is 4. The first kappa shape index (κ1) is 24.5.